The topological polar surface area (TPSA) is 70.0 Å². The van der Waals surface area contributed by atoms with Gasteiger partial charge in [-0.3, -0.25) is 0 Å². The molecule has 3 heteroatoms. The van der Waals surface area contributed by atoms with Crippen LogP contribution >= 0.6 is 0 Å². The number of aliphatic hydroxyl groups is 1. The van der Waals surface area contributed by atoms with Gasteiger partial charge in [0.05, 0.1) is 12.7 Å². The van der Waals surface area contributed by atoms with Crippen LogP contribution in [0.4, 0.5) is 0 Å². The highest BCUT2D eigenvalue weighted by atomic mass is 16.3. The number of aliphatic hydroxyl groups excluding tert-OH is 1. The molecule has 0 aliphatic carbocycles. The zero-order valence-electron chi connectivity index (χ0n) is 5.76. The Kier molecular flexibility index (Phi) is 2.63. The van der Waals surface area contributed by atoms with Crippen molar-refractivity contribution in [3.8, 4) is 6.07 Å². The van der Waals surface area contributed by atoms with Crippen molar-refractivity contribution in [2.45, 2.75) is 19.9 Å². The Morgan fingerprint density at radius 3 is 2.33 bits per heavy atom. The molecule has 0 aromatic heterocycles. The van der Waals surface area contributed by atoms with Crippen molar-refractivity contribution >= 4 is 0 Å². The summed E-state index contributed by atoms with van der Waals surface area (Å²) >= 11 is 0. The standard InChI is InChI=1S/C6H12N2O/c1-6(2,4-9)5(8)3-7/h5,9H,4,8H2,1-2H3. The maximum absolute atomic E-state index is 8.66. The monoisotopic (exact) mass is 128 g/mol. The van der Waals surface area contributed by atoms with Gasteiger partial charge in [-0.05, 0) is 0 Å². The van der Waals surface area contributed by atoms with Crippen LogP contribution in [0.3, 0.4) is 0 Å². The van der Waals surface area contributed by atoms with E-state index in [0.29, 0.717) is 0 Å². The second-order valence-corrected chi connectivity index (χ2v) is 2.75. The molecule has 52 valence electrons. The molecule has 0 aliphatic rings. The normalized spacial score (nSPS) is 14.6. The maximum Gasteiger partial charge on any atom is 0.100 e. The first-order valence-electron chi connectivity index (χ1n) is 2.80. The summed E-state index contributed by atoms with van der Waals surface area (Å²) in [5, 5.41) is 17.0. The van der Waals surface area contributed by atoms with Crippen LogP contribution in [0.2, 0.25) is 0 Å². The summed E-state index contributed by atoms with van der Waals surface area (Å²) in [5.74, 6) is 0. The highest BCUT2D eigenvalue weighted by Crippen LogP contribution is 2.16. The fourth-order valence-corrected chi connectivity index (χ4v) is 0.273. The van der Waals surface area contributed by atoms with Gasteiger partial charge >= 0.3 is 0 Å². The summed E-state index contributed by atoms with van der Waals surface area (Å²) in [6.45, 7) is 3.45. The summed E-state index contributed by atoms with van der Waals surface area (Å²) in [6, 6.07) is 1.29. The molecule has 1 atom stereocenters. The fraction of sp³-hybridized carbons (Fsp3) is 0.833. The van der Waals surface area contributed by atoms with Crippen LogP contribution in [-0.4, -0.2) is 17.8 Å². The molecule has 0 spiro atoms. The average Bonchev–Trinajstić information content (AvgIpc) is 1.86. The second-order valence-electron chi connectivity index (χ2n) is 2.75. The zero-order chi connectivity index (χ0) is 7.49. The van der Waals surface area contributed by atoms with Gasteiger partial charge in [0.2, 0.25) is 0 Å². The van der Waals surface area contributed by atoms with Gasteiger partial charge < -0.3 is 10.8 Å². The lowest BCUT2D eigenvalue weighted by Crippen LogP contribution is -2.38. The quantitative estimate of drug-likeness (QED) is 0.543. The third-order valence-corrected chi connectivity index (χ3v) is 1.39. The Bertz CT molecular complexity index is 126. The molecule has 1 unspecified atom stereocenters. The molecular formula is C6H12N2O. The van der Waals surface area contributed by atoms with E-state index in [1.807, 2.05) is 6.07 Å². The Hall–Kier alpha value is -0.590. The van der Waals surface area contributed by atoms with Gasteiger partial charge in [0.15, 0.2) is 0 Å². The first-order chi connectivity index (χ1) is 4.04. The minimum atomic E-state index is -0.581. The molecule has 0 saturated carbocycles. The van der Waals surface area contributed by atoms with Gasteiger partial charge in [-0.15, -0.1) is 0 Å². The van der Waals surface area contributed by atoms with E-state index in [1.165, 1.54) is 0 Å². The smallest absolute Gasteiger partial charge is 0.100 e. The molecule has 0 saturated heterocycles. The van der Waals surface area contributed by atoms with Crippen molar-refractivity contribution in [3.63, 3.8) is 0 Å². The van der Waals surface area contributed by atoms with E-state index in [2.05, 4.69) is 0 Å². The van der Waals surface area contributed by atoms with Gasteiger partial charge in [-0.1, -0.05) is 13.8 Å². The minimum absolute atomic E-state index is 0.0538. The van der Waals surface area contributed by atoms with E-state index in [4.69, 9.17) is 16.1 Å². The van der Waals surface area contributed by atoms with Crippen LogP contribution in [-0.2, 0) is 0 Å². The van der Waals surface area contributed by atoms with Crippen molar-refractivity contribution in [2.75, 3.05) is 6.61 Å². The van der Waals surface area contributed by atoms with E-state index in [0.717, 1.165) is 0 Å². The van der Waals surface area contributed by atoms with Crippen LogP contribution in [0, 0.1) is 16.7 Å². The molecule has 0 rings (SSSR count). The van der Waals surface area contributed by atoms with Crippen molar-refractivity contribution in [1.82, 2.24) is 0 Å². The van der Waals surface area contributed by atoms with Crippen molar-refractivity contribution in [3.05, 3.63) is 0 Å². The molecule has 0 bridgehead atoms. The van der Waals surface area contributed by atoms with E-state index in [1.54, 1.807) is 13.8 Å². The fourth-order valence-electron chi connectivity index (χ4n) is 0.273. The van der Waals surface area contributed by atoms with Crippen LogP contribution in [0.5, 0.6) is 0 Å². The Labute approximate surface area is 55.1 Å². The van der Waals surface area contributed by atoms with Crippen LogP contribution in [0.15, 0.2) is 0 Å². The molecule has 0 heterocycles. The molecule has 0 aromatic rings. The number of nitriles is 1. The number of rotatable bonds is 2. The summed E-state index contributed by atoms with van der Waals surface area (Å²) < 4.78 is 0. The van der Waals surface area contributed by atoms with Crippen molar-refractivity contribution < 1.29 is 5.11 Å². The number of nitrogens with zero attached hydrogens (tertiary/aromatic N) is 1. The SMILES string of the molecule is CC(C)(CO)C(N)C#N. The van der Waals surface area contributed by atoms with E-state index < -0.39 is 11.5 Å². The highest BCUT2D eigenvalue weighted by molar-refractivity contribution is 4.96. The molecule has 0 aliphatic heterocycles. The maximum atomic E-state index is 8.66. The van der Waals surface area contributed by atoms with Crippen molar-refractivity contribution in [1.29, 1.82) is 5.26 Å². The predicted molar refractivity (Wildman–Crippen MR) is 34.5 cm³/mol. The summed E-state index contributed by atoms with van der Waals surface area (Å²) in [6.07, 6.45) is 0. The lowest BCUT2D eigenvalue weighted by molar-refractivity contribution is 0.149. The zero-order valence-corrected chi connectivity index (χ0v) is 5.76. The predicted octanol–water partition coefficient (Wildman–Crippen LogP) is -0.144. The van der Waals surface area contributed by atoms with Gasteiger partial charge in [-0.25, -0.2) is 0 Å². The van der Waals surface area contributed by atoms with E-state index in [9.17, 15) is 0 Å². The van der Waals surface area contributed by atoms with Crippen LogP contribution in [0.25, 0.3) is 0 Å². The first kappa shape index (κ1) is 8.41. The van der Waals surface area contributed by atoms with Gasteiger partial charge in [0, 0.05) is 5.41 Å². The lowest BCUT2D eigenvalue weighted by Gasteiger charge is -2.23. The molecule has 0 aromatic carbocycles. The number of nitrogens with two attached hydrogens (primary N) is 1. The molecule has 3 N–H and O–H groups in total. The summed E-state index contributed by atoms with van der Waals surface area (Å²) in [7, 11) is 0. The summed E-state index contributed by atoms with van der Waals surface area (Å²) in [4.78, 5) is 0. The van der Waals surface area contributed by atoms with Gasteiger partial charge in [0.25, 0.3) is 0 Å². The number of hydrogen-bond acceptors (Lipinski definition) is 3. The number of hydrogen-bond donors (Lipinski definition) is 2. The summed E-state index contributed by atoms with van der Waals surface area (Å²) in [5.41, 5.74) is 4.86. The third-order valence-electron chi connectivity index (χ3n) is 1.39. The van der Waals surface area contributed by atoms with E-state index in [-0.39, 0.29) is 6.61 Å². The van der Waals surface area contributed by atoms with Gasteiger partial charge in [0.1, 0.15) is 6.04 Å². The molecule has 0 fully saturated rings. The molecule has 3 nitrogen and oxygen atoms in total. The van der Waals surface area contributed by atoms with Crippen molar-refractivity contribution in [2.24, 2.45) is 11.1 Å². The van der Waals surface area contributed by atoms with Gasteiger partial charge in [-0.2, -0.15) is 5.26 Å². The van der Waals surface area contributed by atoms with E-state index >= 15 is 0 Å². The molecule has 0 amide bonds. The average molecular weight is 128 g/mol. The molecular weight excluding hydrogens is 116 g/mol. The largest absolute Gasteiger partial charge is 0.396 e. The molecule has 0 radical (unpaired) electrons. The second kappa shape index (κ2) is 2.81. The third kappa shape index (κ3) is 2.00. The van der Waals surface area contributed by atoms with Crippen LogP contribution in [0.1, 0.15) is 13.8 Å². The molecule has 9 heavy (non-hydrogen) atoms. The lowest BCUT2D eigenvalue weighted by atomic mass is 9.87. The first-order valence-corrected chi connectivity index (χ1v) is 2.80. The Balaban J connectivity index is 4.01. The Morgan fingerprint density at radius 1 is 1.78 bits per heavy atom. The minimum Gasteiger partial charge on any atom is -0.396 e. The highest BCUT2D eigenvalue weighted by Gasteiger charge is 2.24. The Morgan fingerprint density at radius 2 is 2.22 bits per heavy atom. The van der Waals surface area contributed by atoms with Crippen LogP contribution < -0.4 is 5.73 Å².